The van der Waals surface area contributed by atoms with Gasteiger partial charge in [-0.2, -0.15) is 0 Å². The van der Waals surface area contributed by atoms with Gasteiger partial charge in [-0.05, 0) is 24.3 Å². The minimum absolute atomic E-state index is 0.104. The molecule has 0 radical (unpaired) electrons. The van der Waals surface area contributed by atoms with Crippen LogP contribution >= 0.6 is 11.6 Å². The molecule has 7 nitrogen and oxygen atoms in total. The minimum atomic E-state index is -0.508. The lowest BCUT2D eigenvalue weighted by molar-refractivity contribution is -0.384. The fourth-order valence-electron chi connectivity index (χ4n) is 1.74. The van der Waals surface area contributed by atoms with Crippen molar-refractivity contribution in [2.24, 2.45) is 0 Å². The first-order valence-electron chi connectivity index (χ1n) is 5.99. The van der Waals surface area contributed by atoms with E-state index in [0.29, 0.717) is 22.3 Å². The van der Waals surface area contributed by atoms with E-state index in [1.165, 1.54) is 19.2 Å². The number of halogens is 1. The van der Waals surface area contributed by atoms with Crippen molar-refractivity contribution in [3.63, 3.8) is 0 Å². The first-order chi connectivity index (χ1) is 10.0. The van der Waals surface area contributed by atoms with Crippen LogP contribution in [0, 0.1) is 10.1 Å². The van der Waals surface area contributed by atoms with Crippen molar-refractivity contribution in [1.29, 1.82) is 0 Å². The molecule has 0 saturated heterocycles. The Kier molecular flexibility index (Phi) is 4.44. The molecule has 0 amide bonds. The van der Waals surface area contributed by atoms with Crippen molar-refractivity contribution in [2.75, 3.05) is 24.8 Å². The van der Waals surface area contributed by atoms with Gasteiger partial charge in [0.05, 0.1) is 17.7 Å². The number of hydrogen-bond acceptors (Lipinski definition) is 6. The summed E-state index contributed by atoms with van der Waals surface area (Å²) in [6.45, 7) is 0. The highest BCUT2D eigenvalue weighted by Crippen LogP contribution is 2.33. The molecule has 1 aromatic carbocycles. The number of rotatable bonds is 5. The third-order valence-corrected chi connectivity index (χ3v) is 2.98. The van der Waals surface area contributed by atoms with Gasteiger partial charge in [-0.3, -0.25) is 10.1 Å². The van der Waals surface area contributed by atoms with Crippen molar-refractivity contribution in [1.82, 2.24) is 4.98 Å². The number of benzene rings is 1. The van der Waals surface area contributed by atoms with Crippen LogP contribution in [0.3, 0.4) is 0 Å². The predicted molar refractivity (Wildman–Crippen MR) is 81.7 cm³/mol. The molecule has 0 aliphatic rings. The van der Waals surface area contributed by atoms with Crippen LogP contribution in [0.4, 0.5) is 23.0 Å². The third kappa shape index (κ3) is 3.32. The van der Waals surface area contributed by atoms with Gasteiger partial charge in [0, 0.05) is 18.1 Å². The van der Waals surface area contributed by atoms with Gasteiger partial charge in [-0.25, -0.2) is 4.98 Å². The lowest BCUT2D eigenvalue weighted by Crippen LogP contribution is -2.03. The number of pyridine rings is 1. The van der Waals surface area contributed by atoms with Crippen LogP contribution < -0.4 is 15.4 Å². The molecule has 0 aliphatic carbocycles. The van der Waals surface area contributed by atoms with E-state index >= 15 is 0 Å². The summed E-state index contributed by atoms with van der Waals surface area (Å²) in [5.74, 6) is 1.11. The van der Waals surface area contributed by atoms with E-state index < -0.39 is 4.92 Å². The number of nitro groups is 1. The molecular weight excluding hydrogens is 296 g/mol. The fourth-order valence-corrected chi connectivity index (χ4v) is 1.91. The number of aromatic nitrogens is 1. The van der Waals surface area contributed by atoms with Gasteiger partial charge >= 0.3 is 5.69 Å². The van der Waals surface area contributed by atoms with Gasteiger partial charge in [0.25, 0.3) is 0 Å². The van der Waals surface area contributed by atoms with Crippen molar-refractivity contribution in [3.8, 4) is 5.75 Å². The van der Waals surface area contributed by atoms with Gasteiger partial charge in [-0.15, -0.1) is 0 Å². The maximum absolute atomic E-state index is 11.1. The van der Waals surface area contributed by atoms with E-state index in [9.17, 15) is 10.1 Å². The second-order valence-electron chi connectivity index (χ2n) is 4.04. The van der Waals surface area contributed by atoms with E-state index in [2.05, 4.69) is 15.6 Å². The van der Waals surface area contributed by atoms with Crippen LogP contribution in [0.1, 0.15) is 0 Å². The molecule has 1 aromatic heterocycles. The summed E-state index contributed by atoms with van der Waals surface area (Å²) < 4.78 is 5.20. The first kappa shape index (κ1) is 14.9. The molecule has 0 saturated carbocycles. The van der Waals surface area contributed by atoms with Gasteiger partial charge in [-0.1, -0.05) is 11.6 Å². The number of anilines is 3. The highest BCUT2D eigenvalue weighted by atomic mass is 35.5. The second kappa shape index (κ2) is 6.27. The van der Waals surface area contributed by atoms with Crippen molar-refractivity contribution in [2.45, 2.75) is 0 Å². The maximum atomic E-state index is 11.1. The first-order valence-corrected chi connectivity index (χ1v) is 6.36. The summed E-state index contributed by atoms with van der Waals surface area (Å²) in [5, 5.41) is 17.3. The number of methoxy groups -OCH3 is 1. The normalized spacial score (nSPS) is 10.0. The SMILES string of the molecule is CNc1ccc([N+](=O)[O-])c(Nc2cc(Cl)ccc2OC)n1. The highest BCUT2D eigenvalue weighted by Gasteiger charge is 2.17. The smallest absolute Gasteiger partial charge is 0.311 e. The van der Waals surface area contributed by atoms with Gasteiger partial charge < -0.3 is 15.4 Å². The lowest BCUT2D eigenvalue weighted by Gasteiger charge is -2.12. The zero-order valence-electron chi connectivity index (χ0n) is 11.4. The van der Waals surface area contributed by atoms with Gasteiger partial charge in [0.1, 0.15) is 11.6 Å². The quantitative estimate of drug-likeness (QED) is 0.649. The Balaban J connectivity index is 2.47. The van der Waals surface area contributed by atoms with E-state index in [1.807, 2.05) is 0 Å². The maximum Gasteiger partial charge on any atom is 0.311 e. The van der Waals surface area contributed by atoms with Crippen LogP contribution in [0.5, 0.6) is 5.75 Å². The number of ether oxygens (including phenoxy) is 1. The van der Waals surface area contributed by atoms with Crippen LogP contribution in [0.2, 0.25) is 5.02 Å². The molecule has 0 atom stereocenters. The van der Waals surface area contributed by atoms with Gasteiger partial charge in [0.2, 0.25) is 5.82 Å². The number of nitrogens with one attached hydrogen (secondary N) is 2. The molecule has 21 heavy (non-hydrogen) atoms. The third-order valence-electron chi connectivity index (χ3n) is 2.74. The zero-order valence-corrected chi connectivity index (χ0v) is 12.1. The van der Waals surface area contributed by atoms with Crippen molar-refractivity contribution < 1.29 is 9.66 Å². The Bertz CT molecular complexity index is 678. The molecule has 0 unspecified atom stereocenters. The van der Waals surface area contributed by atoms with Gasteiger partial charge in [0.15, 0.2) is 0 Å². The van der Waals surface area contributed by atoms with Crippen LogP contribution in [-0.2, 0) is 0 Å². The molecule has 2 N–H and O–H groups in total. The van der Waals surface area contributed by atoms with Crippen LogP contribution in [-0.4, -0.2) is 24.1 Å². The Hall–Kier alpha value is -2.54. The van der Waals surface area contributed by atoms with E-state index in [4.69, 9.17) is 16.3 Å². The summed E-state index contributed by atoms with van der Waals surface area (Å²) in [5.41, 5.74) is 0.352. The summed E-state index contributed by atoms with van der Waals surface area (Å²) in [4.78, 5) is 14.7. The molecular formula is C13H13ClN4O3. The lowest BCUT2D eigenvalue weighted by atomic mass is 10.2. The molecule has 0 aliphatic heterocycles. The summed E-state index contributed by atoms with van der Waals surface area (Å²) in [7, 11) is 3.18. The van der Waals surface area contributed by atoms with Crippen LogP contribution in [0.25, 0.3) is 0 Å². The van der Waals surface area contributed by atoms with Crippen LogP contribution in [0.15, 0.2) is 30.3 Å². The summed E-state index contributed by atoms with van der Waals surface area (Å²) >= 11 is 5.94. The van der Waals surface area contributed by atoms with E-state index in [0.717, 1.165) is 0 Å². The predicted octanol–water partition coefficient (Wildman–Crippen LogP) is 3.44. The Morgan fingerprint density at radius 1 is 1.33 bits per heavy atom. The Morgan fingerprint density at radius 2 is 2.10 bits per heavy atom. The van der Waals surface area contributed by atoms with E-state index in [-0.39, 0.29) is 11.5 Å². The molecule has 0 spiro atoms. The molecule has 1 heterocycles. The number of nitrogens with zero attached hydrogens (tertiary/aromatic N) is 2. The number of hydrogen-bond donors (Lipinski definition) is 2. The molecule has 2 rings (SSSR count). The second-order valence-corrected chi connectivity index (χ2v) is 4.48. The fraction of sp³-hybridized carbons (Fsp3) is 0.154. The topological polar surface area (TPSA) is 89.3 Å². The average Bonchev–Trinajstić information content (AvgIpc) is 2.47. The monoisotopic (exact) mass is 308 g/mol. The molecule has 0 bridgehead atoms. The van der Waals surface area contributed by atoms with Crippen molar-refractivity contribution in [3.05, 3.63) is 45.5 Å². The molecule has 110 valence electrons. The Labute approximate surface area is 126 Å². The largest absolute Gasteiger partial charge is 0.495 e. The highest BCUT2D eigenvalue weighted by molar-refractivity contribution is 6.31. The molecule has 8 heteroatoms. The molecule has 2 aromatic rings. The summed E-state index contributed by atoms with van der Waals surface area (Å²) in [6.07, 6.45) is 0. The zero-order chi connectivity index (χ0) is 15.4. The molecule has 0 fully saturated rings. The average molecular weight is 309 g/mol. The van der Waals surface area contributed by atoms with E-state index in [1.54, 1.807) is 25.2 Å². The van der Waals surface area contributed by atoms with Crippen molar-refractivity contribution >= 4 is 34.6 Å². The standard InChI is InChI=1S/C13H13ClN4O3/c1-15-12-6-4-10(18(19)20)13(17-12)16-9-7-8(14)3-5-11(9)21-2/h3-7H,1-2H3,(H2,15,16,17). The summed E-state index contributed by atoms with van der Waals surface area (Å²) in [6, 6.07) is 7.84. The Morgan fingerprint density at radius 3 is 2.71 bits per heavy atom. The minimum Gasteiger partial charge on any atom is -0.495 e.